The first-order valence-electron chi connectivity index (χ1n) is 9.32. The number of nitrogens with zero attached hydrogens (tertiary/aromatic N) is 2. The van der Waals surface area contributed by atoms with E-state index in [4.69, 9.17) is 4.74 Å². The first kappa shape index (κ1) is 16.6. The fraction of sp³-hybridized carbons (Fsp3) is 0.684. The summed E-state index contributed by atoms with van der Waals surface area (Å²) >= 11 is 0. The van der Waals surface area contributed by atoms with E-state index in [1.54, 1.807) is 0 Å². The Bertz CT molecular complexity index is 677. The summed E-state index contributed by atoms with van der Waals surface area (Å²) in [6.07, 6.45) is 4.83. The minimum absolute atomic E-state index is 0.0337. The zero-order valence-corrected chi connectivity index (χ0v) is 15.0. The van der Waals surface area contributed by atoms with Gasteiger partial charge in [-0.25, -0.2) is 0 Å². The van der Waals surface area contributed by atoms with Gasteiger partial charge in [0.05, 0.1) is 13.1 Å². The molecule has 1 N–H and O–H groups in total. The van der Waals surface area contributed by atoms with Gasteiger partial charge in [-0.1, -0.05) is 6.92 Å². The van der Waals surface area contributed by atoms with Crippen LogP contribution in [-0.2, 0) is 16.6 Å². The second kappa shape index (κ2) is 6.16. The molecule has 0 bridgehead atoms. The molecule has 2 amide bonds. The number of carbonyl (C=O) groups excluding carboxylic acids is 2. The molecular weight excluding hydrogens is 318 g/mol. The fourth-order valence-electron chi connectivity index (χ4n) is 4.35. The van der Waals surface area contributed by atoms with Crippen LogP contribution in [0.5, 0.6) is 0 Å². The zero-order valence-electron chi connectivity index (χ0n) is 15.0. The maximum Gasteiger partial charge on any atom is 0.267 e. The predicted octanol–water partition coefficient (Wildman–Crippen LogP) is 1.42. The molecule has 3 aliphatic rings. The van der Waals surface area contributed by atoms with Gasteiger partial charge < -0.3 is 19.5 Å². The molecular formula is C19H27N3O3. The van der Waals surface area contributed by atoms with Gasteiger partial charge in [-0.15, -0.1) is 0 Å². The molecule has 136 valence electrons. The van der Waals surface area contributed by atoms with Crippen molar-refractivity contribution in [2.45, 2.75) is 31.8 Å². The molecule has 0 radical (unpaired) electrons. The summed E-state index contributed by atoms with van der Waals surface area (Å²) in [4.78, 5) is 26.5. The number of rotatable bonds is 5. The van der Waals surface area contributed by atoms with E-state index in [9.17, 15) is 9.59 Å². The lowest BCUT2D eigenvalue weighted by atomic mass is 9.78. The Balaban J connectivity index is 1.26. The standard InChI is InChI=1S/C19H27N3O3/c1-13-10-15(13)18(24)22-11-19(12-22)14(6-9-25-19)5-7-20-17(23)16-4-3-8-21(16)2/h3-4,8,13-15H,5-7,9-12H2,1-2H3,(H,20,23)/t13-,14+,15-/m1/s1. The van der Waals surface area contributed by atoms with Crippen LogP contribution < -0.4 is 5.32 Å². The summed E-state index contributed by atoms with van der Waals surface area (Å²) < 4.78 is 7.86. The van der Waals surface area contributed by atoms with E-state index in [-0.39, 0.29) is 17.4 Å². The topological polar surface area (TPSA) is 63.6 Å². The van der Waals surface area contributed by atoms with Crippen LogP contribution in [-0.4, -0.2) is 53.1 Å². The van der Waals surface area contributed by atoms with E-state index < -0.39 is 0 Å². The van der Waals surface area contributed by atoms with Crippen LogP contribution in [0.1, 0.15) is 36.7 Å². The lowest BCUT2D eigenvalue weighted by Gasteiger charge is -2.50. The average Bonchev–Trinajstić information content (AvgIpc) is 2.95. The maximum atomic E-state index is 12.3. The van der Waals surface area contributed by atoms with Gasteiger partial charge in [0.1, 0.15) is 11.3 Å². The summed E-state index contributed by atoms with van der Waals surface area (Å²) in [5, 5.41) is 3.01. The van der Waals surface area contributed by atoms with E-state index in [2.05, 4.69) is 12.2 Å². The highest BCUT2D eigenvalue weighted by Gasteiger charge is 2.56. The molecule has 25 heavy (non-hydrogen) atoms. The fourth-order valence-corrected chi connectivity index (χ4v) is 4.35. The smallest absolute Gasteiger partial charge is 0.267 e. The third-order valence-corrected chi connectivity index (χ3v) is 6.21. The summed E-state index contributed by atoms with van der Waals surface area (Å²) in [7, 11) is 1.87. The van der Waals surface area contributed by atoms with Gasteiger partial charge in [0.2, 0.25) is 5.91 Å². The second-order valence-corrected chi connectivity index (χ2v) is 7.96. The highest BCUT2D eigenvalue weighted by Crippen LogP contribution is 2.45. The highest BCUT2D eigenvalue weighted by atomic mass is 16.5. The summed E-state index contributed by atoms with van der Waals surface area (Å²) in [6, 6.07) is 3.69. The Morgan fingerprint density at radius 1 is 1.40 bits per heavy atom. The van der Waals surface area contributed by atoms with Crippen LogP contribution >= 0.6 is 0 Å². The Kier molecular flexibility index (Phi) is 4.10. The lowest BCUT2D eigenvalue weighted by molar-refractivity contribution is -0.166. The van der Waals surface area contributed by atoms with Gasteiger partial charge in [0.15, 0.2) is 0 Å². The molecule has 1 aromatic heterocycles. The van der Waals surface area contributed by atoms with Crippen molar-refractivity contribution in [1.29, 1.82) is 0 Å². The number of likely N-dealkylation sites (tertiary alicyclic amines) is 1. The number of nitrogens with one attached hydrogen (secondary N) is 1. The molecule has 1 spiro atoms. The molecule has 1 aromatic rings. The molecule has 3 atom stereocenters. The van der Waals surface area contributed by atoms with Gasteiger partial charge in [0, 0.05) is 32.3 Å². The third kappa shape index (κ3) is 2.97. The summed E-state index contributed by atoms with van der Waals surface area (Å²) in [5.74, 6) is 1.50. The molecule has 0 aromatic carbocycles. The highest BCUT2D eigenvalue weighted by molar-refractivity contribution is 5.92. The molecule has 1 aliphatic carbocycles. The third-order valence-electron chi connectivity index (χ3n) is 6.21. The van der Waals surface area contributed by atoms with Crippen LogP contribution in [0, 0.1) is 17.8 Å². The monoisotopic (exact) mass is 345 g/mol. The number of carbonyl (C=O) groups is 2. The Morgan fingerprint density at radius 3 is 2.80 bits per heavy atom. The van der Waals surface area contributed by atoms with Crippen molar-refractivity contribution in [3.05, 3.63) is 24.0 Å². The van der Waals surface area contributed by atoms with Gasteiger partial charge in [-0.2, -0.15) is 0 Å². The van der Waals surface area contributed by atoms with E-state index in [1.807, 2.05) is 34.8 Å². The van der Waals surface area contributed by atoms with Gasteiger partial charge >= 0.3 is 0 Å². The number of amides is 2. The van der Waals surface area contributed by atoms with Crippen LogP contribution in [0.2, 0.25) is 0 Å². The predicted molar refractivity (Wildman–Crippen MR) is 93.0 cm³/mol. The van der Waals surface area contributed by atoms with Crippen molar-refractivity contribution in [1.82, 2.24) is 14.8 Å². The number of aromatic nitrogens is 1. The van der Waals surface area contributed by atoms with E-state index >= 15 is 0 Å². The zero-order chi connectivity index (χ0) is 17.6. The molecule has 4 rings (SSSR count). The SMILES string of the molecule is C[C@@H]1C[C@H]1C(=O)N1CC2(C1)OCC[C@@H]2CCNC(=O)c1cccn1C. The lowest BCUT2D eigenvalue weighted by Crippen LogP contribution is -2.66. The maximum absolute atomic E-state index is 12.3. The van der Waals surface area contributed by atoms with Crippen molar-refractivity contribution in [2.75, 3.05) is 26.2 Å². The van der Waals surface area contributed by atoms with Crippen LogP contribution in [0.3, 0.4) is 0 Å². The summed E-state index contributed by atoms with van der Waals surface area (Å²) in [5.41, 5.74) is 0.514. The number of hydrogen-bond donors (Lipinski definition) is 1. The van der Waals surface area contributed by atoms with Crippen LogP contribution in [0.25, 0.3) is 0 Å². The van der Waals surface area contributed by atoms with E-state index in [1.165, 1.54) is 0 Å². The Labute approximate surface area is 148 Å². The molecule has 2 saturated heterocycles. The molecule has 0 unspecified atom stereocenters. The van der Waals surface area contributed by atoms with Gasteiger partial charge in [0.25, 0.3) is 5.91 Å². The van der Waals surface area contributed by atoms with Gasteiger partial charge in [-0.3, -0.25) is 9.59 Å². The van der Waals surface area contributed by atoms with Crippen molar-refractivity contribution in [2.24, 2.45) is 24.8 Å². The Hall–Kier alpha value is -1.82. The van der Waals surface area contributed by atoms with Crippen molar-refractivity contribution in [3.63, 3.8) is 0 Å². The van der Waals surface area contributed by atoms with E-state index in [0.29, 0.717) is 30.0 Å². The van der Waals surface area contributed by atoms with Gasteiger partial charge in [-0.05, 0) is 43.2 Å². The molecule has 3 fully saturated rings. The quantitative estimate of drug-likeness (QED) is 0.878. The van der Waals surface area contributed by atoms with Crippen LogP contribution in [0.15, 0.2) is 18.3 Å². The largest absolute Gasteiger partial charge is 0.371 e. The first-order valence-corrected chi connectivity index (χ1v) is 9.32. The molecule has 2 aliphatic heterocycles. The van der Waals surface area contributed by atoms with Crippen molar-refractivity contribution < 1.29 is 14.3 Å². The van der Waals surface area contributed by atoms with Crippen molar-refractivity contribution in [3.8, 4) is 0 Å². The number of aryl methyl sites for hydroxylation is 1. The Morgan fingerprint density at radius 2 is 2.16 bits per heavy atom. The molecule has 3 heterocycles. The minimum atomic E-state index is -0.163. The number of hydrogen-bond acceptors (Lipinski definition) is 3. The van der Waals surface area contributed by atoms with Crippen LogP contribution in [0.4, 0.5) is 0 Å². The van der Waals surface area contributed by atoms with E-state index in [0.717, 1.165) is 39.0 Å². The second-order valence-electron chi connectivity index (χ2n) is 7.96. The first-order chi connectivity index (χ1) is 12.0. The molecule has 6 heteroatoms. The minimum Gasteiger partial charge on any atom is -0.371 e. The molecule has 6 nitrogen and oxygen atoms in total. The number of ether oxygens (including phenoxy) is 1. The normalized spacial score (nSPS) is 29.5. The summed E-state index contributed by atoms with van der Waals surface area (Å²) in [6.45, 7) is 5.01. The average molecular weight is 345 g/mol. The molecule has 1 saturated carbocycles. The van der Waals surface area contributed by atoms with Crippen molar-refractivity contribution >= 4 is 11.8 Å².